The van der Waals surface area contributed by atoms with Gasteiger partial charge in [0.1, 0.15) is 5.75 Å². The number of imide groups is 1. The number of carbonyl (C=O) groups excluding carboxylic acids is 2. The summed E-state index contributed by atoms with van der Waals surface area (Å²) in [6.07, 6.45) is 1.64. The second-order valence-electron chi connectivity index (χ2n) is 3.09. The van der Waals surface area contributed by atoms with Gasteiger partial charge in [-0.05, 0) is 23.9 Å². The molecule has 2 rings (SSSR count). The number of amides is 2. The minimum absolute atomic E-state index is 0.342. The van der Waals surface area contributed by atoms with Crippen LogP contribution in [-0.4, -0.2) is 18.3 Å². The highest BCUT2D eigenvalue weighted by Gasteiger charge is 2.25. The second-order valence-corrected chi connectivity index (χ2v) is 4.11. The Labute approximate surface area is 96.7 Å². The summed E-state index contributed by atoms with van der Waals surface area (Å²) < 4.78 is 5.15. The monoisotopic (exact) mass is 235 g/mol. The molecule has 0 unspecified atom stereocenters. The van der Waals surface area contributed by atoms with Gasteiger partial charge in [0.15, 0.2) is 0 Å². The number of ether oxygens (including phenoxy) is 1. The summed E-state index contributed by atoms with van der Waals surface area (Å²) in [5.41, 5.74) is 0.775. The molecule has 1 fully saturated rings. The normalized spacial score (nSPS) is 17.7. The van der Waals surface area contributed by atoms with E-state index in [-0.39, 0.29) is 11.1 Å². The van der Waals surface area contributed by atoms with Gasteiger partial charge in [0, 0.05) is 5.56 Å². The lowest BCUT2D eigenvalue weighted by Gasteiger charge is -2.03. The number of hydrogen-bond acceptors (Lipinski definition) is 4. The van der Waals surface area contributed by atoms with Gasteiger partial charge in [-0.3, -0.25) is 14.9 Å². The topological polar surface area (TPSA) is 55.4 Å². The van der Waals surface area contributed by atoms with Gasteiger partial charge >= 0.3 is 0 Å². The molecule has 4 nitrogen and oxygen atoms in total. The van der Waals surface area contributed by atoms with E-state index in [1.165, 1.54) is 0 Å². The fourth-order valence-electron chi connectivity index (χ4n) is 1.35. The van der Waals surface area contributed by atoms with Crippen LogP contribution in [-0.2, 0) is 4.79 Å². The van der Waals surface area contributed by atoms with Crippen LogP contribution in [0.25, 0.3) is 6.08 Å². The van der Waals surface area contributed by atoms with Crippen molar-refractivity contribution in [3.05, 3.63) is 34.7 Å². The Kier molecular flexibility index (Phi) is 2.96. The summed E-state index contributed by atoms with van der Waals surface area (Å²) in [4.78, 5) is 22.7. The van der Waals surface area contributed by atoms with E-state index in [2.05, 4.69) is 5.32 Å². The van der Waals surface area contributed by atoms with Gasteiger partial charge in [0.25, 0.3) is 11.1 Å². The van der Waals surface area contributed by atoms with Gasteiger partial charge in [0.05, 0.1) is 12.0 Å². The van der Waals surface area contributed by atoms with E-state index >= 15 is 0 Å². The summed E-state index contributed by atoms with van der Waals surface area (Å²) in [5.74, 6) is 0.309. The first-order chi connectivity index (χ1) is 7.70. The van der Waals surface area contributed by atoms with Crippen LogP contribution in [0.4, 0.5) is 4.79 Å². The number of nitrogens with one attached hydrogen (secondary N) is 1. The average Bonchev–Trinajstić information content (AvgIpc) is 2.58. The molecule has 2 amide bonds. The number of carbonyl (C=O) groups is 2. The van der Waals surface area contributed by atoms with E-state index in [1.807, 2.05) is 18.2 Å². The molecule has 0 aliphatic carbocycles. The standard InChI is InChI=1S/C11H9NO3S/c1-15-8-5-3-2-4-7(8)6-9-10(13)12-11(14)16-9/h2-6H,1H3,(H,12,13,14)/b9-6-. The van der Waals surface area contributed by atoms with Crippen molar-refractivity contribution in [2.24, 2.45) is 0 Å². The third-order valence-corrected chi connectivity index (χ3v) is 2.88. The van der Waals surface area contributed by atoms with Gasteiger partial charge in [-0.1, -0.05) is 18.2 Å². The molecule has 1 aliphatic heterocycles. The molecule has 0 bridgehead atoms. The molecule has 1 saturated heterocycles. The molecular formula is C11H9NO3S. The number of rotatable bonds is 2. The Morgan fingerprint density at radius 3 is 2.69 bits per heavy atom. The van der Waals surface area contributed by atoms with Crippen molar-refractivity contribution in [3.8, 4) is 5.75 Å². The zero-order valence-corrected chi connectivity index (χ0v) is 9.34. The predicted molar refractivity (Wildman–Crippen MR) is 62.1 cm³/mol. The summed E-state index contributed by atoms with van der Waals surface area (Å²) in [6, 6.07) is 7.30. The van der Waals surface area contributed by atoms with Crippen molar-refractivity contribution in [2.75, 3.05) is 7.11 Å². The zero-order chi connectivity index (χ0) is 11.5. The molecule has 82 valence electrons. The summed E-state index contributed by atoms with van der Waals surface area (Å²) >= 11 is 0.894. The van der Waals surface area contributed by atoms with Crippen molar-refractivity contribution in [1.82, 2.24) is 5.32 Å². The first-order valence-electron chi connectivity index (χ1n) is 4.58. The average molecular weight is 235 g/mol. The fourth-order valence-corrected chi connectivity index (χ4v) is 2.02. The van der Waals surface area contributed by atoms with Crippen molar-refractivity contribution < 1.29 is 14.3 Å². The molecule has 1 N–H and O–H groups in total. The van der Waals surface area contributed by atoms with E-state index in [0.29, 0.717) is 10.7 Å². The van der Waals surface area contributed by atoms with E-state index in [4.69, 9.17) is 4.74 Å². The van der Waals surface area contributed by atoms with Crippen LogP contribution >= 0.6 is 11.8 Å². The number of hydrogen-bond donors (Lipinski definition) is 1. The summed E-state index contributed by atoms with van der Waals surface area (Å²) in [6.45, 7) is 0. The van der Waals surface area contributed by atoms with Crippen LogP contribution < -0.4 is 10.1 Å². The van der Waals surface area contributed by atoms with E-state index in [0.717, 1.165) is 17.3 Å². The molecule has 1 aliphatic rings. The van der Waals surface area contributed by atoms with Gasteiger partial charge in [-0.15, -0.1) is 0 Å². The van der Waals surface area contributed by atoms with Gasteiger partial charge in [-0.25, -0.2) is 0 Å². The molecule has 1 aromatic carbocycles. The van der Waals surface area contributed by atoms with E-state index in [1.54, 1.807) is 19.3 Å². The van der Waals surface area contributed by atoms with Crippen molar-refractivity contribution in [2.45, 2.75) is 0 Å². The van der Waals surface area contributed by atoms with Crippen LogP contribution in [0, 0.1) is 0 Å². The Balaban J connectivity index is 2.36. The number of methoxy groups -OCH3 is 1. The molecule has 0 atom stereocenters. The number of para-hydroxylation sites is 1. The Morgan fingerprint density at radius 1 is 1.31 bits per heavy atom. The molecule has 5 heteroatoms. The largest absolute Gasteiger partial charge is 0.496 e. The van der Waals surface area contributed by atoms with Gasteiger partial charge in [-0.2, -0.15) is 0 Å². The van der Waals surface area contributed by atoms with Crippen LogP contribution in [0.15, 0.2) is 29.2 Å². The molecular weight excluding hydrogens is 226 g/mol. The summed E-state index contributed by atoms with van der Waals surface area (Å²) in [7, 11) is 1.56. The van der Waals surface area contributed by atoms with Crippen LogP contribution in [0.1, 0.15) is 5.56 Å². The highest BCUT2D eigenvalue weighted by atomic mass is 32.2. The van der Waals surface area contributed by atoms with Gasteiger partial charge < -0.3 is 4.74 Å². The minimum Gasteiger partial charge on any atom is -0.496 e. The second kappa shape index (κ2) is 4.40. The maximum atomic E-state index is 11.3. The van der Waals surface area contributed by atoms with Crippen molar-refractivity contribution in [1.29, 1.82) is 0 Å². The van der Waals surface area contributed by atoms with Crippen LogP contribution in [0.5, 0.6) is 5.75 Å². The molecule has 16 heavy (non-hydrogen) atoms. The van der Waals surface area contributed by atoms with Crippen molar-refractivity contribution >= 4 is 29.0 Å². The third-order valence-electron chi connectivity index (χ3n) is 2.07. The van der Waals surface area contributed by atoms with Gasteiger partial charge in [0.2, 0.25) is 0 Å². The predicted octanol–water partition coefficient (Wildman–Crippen LogP) is 2.02. The van der Waals surface area contributed by atoms with Crippen LogP contribution in [0.2, 0.25) is 0 Å². The highest BCUT2D eigenvalue weighted by molar-refractivity contribution is 8.18. The fraction of sp³-hybridized carbons (Fsp3) is 0.0909. The first-order valence-corrected chi connectivity index (χ1v) is 5.40. The molecule has 0 aromatic heterocycles. The third kappa shape index (κ3) is 2.09. The Morgan fingerprint density at radius 2 is 2.06 bits per heavy atom. The SMILES string of the molecule is COc1ccccc1/C=C1\SC(=O)NC1=O. The highest BCUT2D eigenvalue weighted by Crippen LogP contribution is 2.28. The molecule has 1 aromatic rings. The summed E-state index contributed by atoms with van der Waals surface area (Å²) in [5, 5.41) is 1.86. The lowest BCUT2D eigenvalue weighted by atomic mass is 10.2. The Hall–Kier alpha value is -1.75. The number of benzene rings is 1. The van der Waals surface area contributed by atoms with E-state index < -0.39 is 0 Å². The van der Waals surface area contributed by atoms with Crippen LogP contribution in [0.3, 0.4) is 0 Å². The molecule has 1 heterocycles. The first kappa shape index (κ1) is 10.8. The molecule has 0 saturated carbocycles. The maximum absolute atomic E-state index is 11.3. The quantitative estimate of drug-likeness (QED) is 0.797. The van der Waals surface area contributed by atoms with E-state index in [9.17, 15) is 9.59 Å². The number of thioether (sulfide) groups is 1. The van der Waals surface area contributed by atoms with Crippen molar-refractivity contribution in [3.63, 3.8) is 0 Å². The smallest absolute Gasteiger partial charge is 0.290 e. The minimum atomic E-state index is -0.360. The maximum Gasteiger partial charge on any atom is 0.290 e. The lowest BCUT2D eigenvalue weighted by Crippen LogP contribution is -2.17. The molecule has 0 radical (unpaired) electrons. The zero-order valence-electron chi connectivity index (χ0n) is 8.52. The Bertz CT molecular complexity index is 482. The lowest BCUT2D eigenvalue weighted by molar-refractivity contribution is -0.115. The molecule has 0 spiro atoms.